The van der Waals surface area contributed by atoms with Crippen molar-refractivity contribution < 1.29 is 14.6 Å². The summed E-state index contributed by atoms with van der Waals surface area (Å²) in [6.07, 6.45) is 5.37. The zero-order valence-corrected chi connectivity index (χ0v) is 13.0. The molecule has 0 atom stereocenters. The van der Waals surface area contributed by atoms with Gasteiger partial charge < -0.3 is 14.7 Å². The van der Waals surface area contributed by atoms with Crippen LogP contribution in [0.5, 0.6) is 5.75 Å². The number of terminal acetylenes is 1. The summed E-state index contributed by atoms with van der Waals surface area (Å²) in [7, 11) is 1.62. The molecule has 2 rings (SSSR count). The van der Waals surface area contributed by atoms with Crippen LogP contribution in [0.4, 0.5) is 5.13 Å². The summed E-state index contributed by atoms with van der Waals surface area (Å²) in [4.78, 5) is 17.1. The number of nitrogens with zero attached hydrogens (tertiary/aromatic N) is 2. The Morgan fingerprint density at radius 1 is 1.45 bits per heavy atom. The number of carboxylic acid groups (broad SMARTS) is 1. The predicted octanol–water partition coefficient (Wildman–Crippen LogP) is 2.73. The molecule has 2 aromatic rings. The van der Waals surface area contributed by atoms with Gasteiger partial charge in [-0.15, -0.1) is 17.8 Å². The van der Waals surface area contributed by atoms with Gasteiger partial charge in [0.1, 0.15) is 5.75 Å². The number of aliphatic carboxylic acids is 1. The van der Waals surface area contributed by atoms with Crippen LogP contribution >= 0.6 is 11.3 Å². The predicted molar refractivity (Wildman–Crippen MR) is 87.4 cm³/mol. The molecule has 1 N–H and O–H groups in total. The topological polar surface area (TPSA) is 62.7 Å². The molecule has 0 spiro atoms. The number of ether oxygens (including phenoxy) is 1. The van der Waals surface area contributed by atoms with Crippen LogP contribution in [0, 0.1) is 12.3 Å². The van der Waals surface area contributed by atoms with Gasteiger partial charge in [0.15, 0.2) is 5.13 Å². The summed E-state index contributed by atoms with van der Waals surface area (Å²) >= 11 is 1.45. The van der Waals surface area contributed by atoms with Crippen LogP contribution in [-0.2, 0) is 4.79 Å². The Hall–Kier alpha value is -2.52. The van der Waals surface area contributed by atoms with Crippen LogP contribution in [0.2, 0.25) is 0 Å². The first-order valence-corrected chi connectivity index (χ1v) is 7.52. The van der Waals surface area contributed by atoms with Gasteiger partial charge in [0, 0.05) is 17.5 Å². The third-order valence-corrected chi connectivity index (χ3v) is 3.93. The standard InChI is InChI=1S/C16H16N2O3S/c1-3-9-18(10-8-15(19)20)16-17-14(11-22-16)12-4-6-13(21-2)7-5-12/h1,4-7,11H,8-10H2,2H3,(H,19,20). The summed E-state index contributed by atoms with van der Waals surface area (Å²) < 4.78 is 5.13. The first-order valence-electron chi connectivity index (χ1n) is 6.64. The van der Waals surface area contributed by atoms with Crippen molar-refractivity contribution in [2.45, 2.75) is 6.42 Å². The van der Waals surface area contributed by atoms with Crippen molar-refractivity contribution in [3.8, 4) is 29.4 Å². The fraction of sp³-hybridized carbons (Fsp3) is 0.250. The van der Waals surface area contributed by atoms with Gasteiger partial charge in [-0.3, -0.25) is 4.79 Å². The van der Waals surface area contributed by atoms with Crippen LogP contribution in [0.3, 0.4) is 0 Å². The molecule has 1 heterocycles. The second kappa shape index (κ2) is 7.48. The fourth-order valence-corrected chi connectivity index (χ4v) is 2.75. The molecule has 0 aliphatic heterocycles. The lowest BCUT2D eigenvalue weighted by Crippen LogP contribution is -2.26. The van der Waals surface area contributed by atoms with E-state index in [-0.39, 0.29) is 6.42 Å². The fourth-order valence-electron chi connectivity index (χ4n) is 1.89. The largest absolute Gasteiger partial charge is 0.497 e. The molecular formula is C16H16N2O3S. The maximum absolute atomic E-state index is 10.7. The highest BCUT2D eigenvalue weighted by Crippen LogP contribution is 2.28. The summed E-state index contributed by atoms with van der Waals surface area (Å²) in [6, 6.07) is 7.61. The van der Waals surface area contributed by atoms with Crippen molar-refractivity contribution in [1.29, 1.82) is 0 Å². The van der Waals surface area contributed by atoms with Gasteiger partial charge in [-0.05, 0) is 24.3 Å². The molecule has 0 amide bonds. The van der Waals surface area contributed by atoms with Gasteiger partial charge in [0.2, 0.25) is 0 Å². The summed E-state index contributed by atoms with van der Waals surface area (Å²) in [5, 5.41) is 11.5. The molecule has 0 unspecified atom stereocenters. The lowest BCUT2D eigenvalue weighted by molar-refractivity contribution is -0.136. The summed E-state index contributed by atoms with van der Waals surface area (Å²) in [6.45, 7) is 0.679. The monoisotopic (exact) mass is 316 g/mol. The minimum Gasteiger partial charge on any atom is -0.497 e. The molecular weight excluding hydrogens is 300 g/mol. The third-order valence-electron chi connectivity index (χ3n) is 3.03. The highest BCUT2D eigenvalue weighted by molar-refractivity contribution is 7.14. The van der Waals surface area contributed by atoms with Crippen LogP contribution in [0.1, 0.15) is 6.42 Å². The SMILES string of the molecule is C#CCN(CCC(=O)O)c1nc(-c2ccc(OC)cc2)cs1. The average Bonchev–Trinajstić information content (AvgIpc) is 3.01. The normalized spacial score (nSPS) is 10.0. The van der Waals surface area contributed by atoms with E-state index >= 15 is 0 Å². The molecule has 0 aliphatic rings. The van der Waals surface area contributed by atoms with Gasteiger partial charge in [-0.1, -0.05) is 5.92 Å². The van der Waals surface area contributed by atoms with Gasteiger partial charge in [-0.25, -0.2) is 4.98 Å². The number of carbonyl (C=O) groups is 1. The first kappa shape index (κ1) is 15.9. The van der Waals surface area contributed by atoms with Crippen LogP contribution in [-0.4, -0.2) is 36.3 Å². The Balaban J connectivity index is 2.16. The Kier molecular flexibility index (Phi) is 5.39. The molecule has 0 saturated carbocycles. The maximum Gasteiger partial charge on any atom is 0.305 e. The van der Waals surface area contributed by atoms with Crippen molar-refractivity contribution in [1.82, 2.24) is 4.98 Å². The number of hydrogen-bond acceptors (Lipinski definition) is 5. The molecule has 0 radical (unpaired) electrons. The van der Waals surface area contributed by atoms with Crippen LogP contribution < -0.4 is 9.64 Å². The van der Waals surface area contributed by atoms with Gasteiger partial charge in [0.05, 0.1) is 25.8 Å². The number of carboxylic acids is 1. The van der Waals surface area contributed by atoms with E-state index in [9.17, 15) is 4.79 Å². The van der Waals surface area contributed by atoms with Gasteiger partial charge >= 0.3 is 5.97 Å². The number of thiazole rings is 1. The maximum atomic E-state index is 10.7. The molecule has 0 aliphatic carbocycles. The highest BCUT2D eigenvalue weighted by Gasteiger charge is 2.12. The molecule has 0 bridgehead atoms. The van der Waals surface area contributed by atoms with Crippen molar-refractivity contribution >= 4 is 22.4 Å². The second-order valence-electron chi connectivity index (χ2n) is 4.51. The molecule has 6 heteroatoms. The summed E-state index contributed by atoms with van der Waals surface area (Å²) in [5.41, 5.74) is 1.81. The molecule has 5 nitrogen and oxygen atoms in total. The summed E-state index contributed by atoms with van der Waals surface area (Å²) in [5.74, 6) is 2.47. The van der Waals surface area contributed by atoms with Crippen LogP contribution in [0.25, 0.3) is 11.3 Å². The van der Waals surface area contributed by atoms with Crippen LogP contribution in [0.15, 0.2) is 29.6 Å². The minimum absolute atomic E-state index is 0.0269. The van der Waals surface area contributed by atoms with E-state index in [1.807, 2.05) is 29.6 Å². The lowest BCUT2D eigenvalue weighted by atomic mass is 10.2. The van der Waals surface area contributed by atoms with Crippen molar-refractivity contribution in [3.63, 3.8) is 0 Å². The van der Waals surface area contributed by atoms with Crippen molar-refractivity contribution in [2.24, 2.45) is 0 Å². The molecule has 114 valence electrons. The molecule has 0 saturated heterocycles. The number of rotatable bonds is 7. The van der Waals surface area contributed by atoms with E-state index in [1.165, 1.54) is 11.3 Å². The number of methoxy groups -OCH3 is 1. The highest BCUT2D eigenvalue weighted by atomic mass is 32.1. The third kappa shape index (κ3) is 3.99. The van der Waals surface area contributed by atoms with Crippen molar-refractivity contribution in [2.75, 3.05) is 25.1 Å². The zero-order valence-electron chi connectivity index (χ0n) is 12.2. The number of anilines is 1. The smallest absolute Gasteiger partial charge is 0.305 e. The van der Waals surface area contributed by atoms with Gasteiger partial charge in [0.25, 0.3) is 0 Å². The molecule has 1 aromatic carbocycles. The lowest BCUT2D eigenvalue weighted by Gasteiger charge is -2.17. The second-order valence-corrected chi connectivity index (χ2v) is 5.35. The molecule has 22 heavy (non-hydrogen) atoms. The zero-order chi connectivity index (χ0) is 15.9. The van der Waals surface area contributed by atoms with E-state index in [0.717, 1.165) is 22.1 Å². The Labute approximate surface area is 133 Å². The Bertz CT molecular complexity index is 673. The minimum atomic E-state index is -0.853. The Morgan fingerprint density at radius 2 is 2.18 bits per heavy atom. The first-order chi connectivity index (χ1) is 10.6. The average molecular weight is 316 g/mol. The Morgan fingerprint density at radius 3 is 2.77 bits per heavy atom. The quantitative estimate of drug-likeness (QED) is 0.796. The van der Waals surface area contributed by atoms with E-state index in [0.29, 0.717) is 13.1 Å². The number of benzene rings is 1. The van der Waals surface area contributed by atoms with E-state index < -0.39 is 5.97 Å². The molecule has 0 fully saturated rings. The van der Waals surface area contributed by atoms with Gasteiger partial charge in [-0.2, -0.15) is 0 Å². The van der Waals surface area contributed by atoms with E-state index in [1.54, 1.807) is 12.0 Å². The van der Waals surface area contributed by atoms with Crippen molar-refractivity contribution in [3.05, 3.63) is 29.6 Å². The molecule has 1 aromatic heterocycles. The number of hydrogen-bond donors (Lipinski definition) is 1. The number of aromatic nitrogens is 1. The van der Waals surface area contributed by atoms with E-state index in [2.05, 4.69) is 10.9 Å². The van der Waals surface area contributed by atoms with E-state index in [4.69, 9.17) is 16.3 Å².